The predicted octanol–water partition coefficient (Wildman–Crippen LogP) is 4.79. The Bertz CT molecular complexity index is 1330. The highest BCUT2D eigenvalue weighted by atomic mass is 35.5. The molecule has 4 N–H and O–H groups in total. The Morgan fingerprint density at radius 1 is 1.22 bits per heavy atom. The standard InChI is InChI=1S/C26H23ClF4N2O4/c1-13(11-34)33-12-26(14-5-3-2-4-6-14)10-16-19(37-26)9-17(28)22(27)20(16)21-15(24(32)35)7-8-18(23(21)29)36-25(30)31/h2-9,13,25,33-34H,10-12H2,1H3,(H2,32,35)/t13?,26-/m1/s1. The number of nitrogens with two attached hydrogens (primary N) is 1. The van der Waals surface area contributed by atoms with Crippen molar-refractivity contribution in [3.05, 3.63) is 81.9 Å². The first kappa shape index (κ1) is 26.7. The molecule has 4 rings (SSSR count). The van der Waals surface area contributed by atoms with Crippen molar-refractivity contribution in [2.45, 2.75) is 31.6 Å². The van der Waals surface area contributed by atoms with E-state index in [0.29, 0.717) is 5.56 Å². The van der Waals surface area contributed by atoms with Gasteiger partial charge in [0.1, 0.15) is 11.6 Å². The molecule has 0 bridgehead atoms. The third-order valence-corrected chi connectivity index (χ3v) is 6.57. The van der Waals surface area contributed by atoms with Gasteiger partial charge >= 0.3 is 6.61 Å². The summed E-state index contributed by atoms with van der Waals surface area (Å²) in [5.41, 5.74) is 4.01. The van der Waals surface area contributed by atoms with Crippen molar-refractivity contribution in [2.75, 3.05) is 13.2 Å². The Hall–Kier alpha value is -3.34. The van der Waals surface area contributed by atoms with Gasteiger partial charge in [0.05, 0.1) is 17.2 Å². The molecule has 0 saturated heterocycles. The number of aliphatic hydroxyl groups is 1. The number of carbonyl (C=O) groups excluding carboxylic acids is 1. The zero-order valence-electron chi connectivity index (χ0n) is 19.5. The van der Waals surface area contributed by atoms with Crippen LogP contribution in [0.4, 0.5) is 17.6 Å². The highest BCUT2D eigenvalue weighted by molar-refractivity contribution is 6.34. The number of halogens is 5. The normalized spacial score (nSPS) is 17.4. The summed E-state index contributed by atoms with van der Waals surface area (Å²) in [6.45, 7) is -1.60. The Balaban J connectivity index is 1.94. The highest BCUT2D eigenvalue weighted by Crippen LogP contribution is 2.50. The van der Waals surface area contributed by atoms with Gasteiger partial charge in [0.15, 0.2) is 17.2 Å². The van der Waals surface area contributed by atoms with E-state index in [4.69, 9.17) is 22.1 Å². The fraction of sp³-hybridized carbons (Fsp3) is 0.269. The average molecular weight is 539 g/mol. The number of primary amides is 1. The number of aliphatic hydroxyl groups excluding tert-OH is 1. The number of amides is 1. The second kappa shape index (κ2) is 10.6. The number of hydrogen-bond donors (Lipinski definition) is 3. The third-order valence-electron chi connectivity index (χ3n) is 6.20. The zero-order valence-corrected chi connectivity index (χ0v) is 20.3. The lowest BCUT2D eigenvalue weighted by atomic mass is 9.85. The van der Waals surface area contributed by atoms with Gasteiger partial charge in [0.25, 0.3) is 0 Å². The molecule has 0 radical (unpaired) electrons. The number of fused-ring (bicyclic) bond motifs is 1. The largest absolute Gasteiger partial charge is 0.480 e. The monoisotopic (exact) mass is 538 g/mol. The lowest BCUT2D eigenvalue weighted by Crippen LogP contribution is -2.45. The quantitative estimate of drug-likeness (QED) is 0.341. The molecule has 3 aromatic rings. The van der Waals surface area contributed by atoms with E-state index in [2.05, 4.69) is 10.1 Å². The first-order chi connectivity index (χ1) is 17.6. The summed E-state index contributed by atoms with van der Waals surface area (Å²) in [5.74, 6) is -4.26. The van der Waals surface area contributed by atoms with E-state index in [1.165, 1.54) is 0 Å². The van der Waals surface area contributed by atoms with Gasteiger partial charge in [-0.25, -0.2) is 8.78 Å². The van der Waals surface area contributed by atoms with Gasteiger partial charge in [-0.1, -0.05) is 41.9 Å². The van der Waals surface area contributed by atoms with E-state index in [1.54, 1.807) is 37.3 Å². The van der Waals surface area contributed by atoms with Gasteiger partial charge in [-0.2, -0.15) is 8.78 Å². The van der Waals surface area contributed by atoms with Gasteiger partial charge < -0.3 is 25.6 Å². The van der Waals surface area contributed by atoms with Crippen LogP contribution in [0, 0.1) is 11.6 Å². The van der Waals surface area contributed by atoms with E-state index < -0.39 is 51.7 Å². The second-order valence-corrected chi connectivity index (χ2v) is 9.05. The topological polar surface area (TPSA) is 93.8 Å². The molecule has 0 spiro atoms. The summed E-state index contributed by atoms with van der Waals surface area (Å²) in [6, 6.07) is 11.5. The number of rotatable bonds is 9. The van der Waals surface area contributed by atoms with Gasteiger partial charge in [-0.15, -0.1) is 0 Å². The van der Waals surface area contributed by atoms with Crippen molar-refractivity contribution < 1.29 is 36.9 Å². The number of ether oxygens (including phenoxy) is 2. The number of alkyl halides is 2. The summed E-state index contributed by atoms with van der Waals surface area (Å²) < 4.78 is 67.0. The molecule has 1 unspecified atom stereocenters. The first-order valence-electron chi connectivity index (χ1n) is 11.2. The summed E-state index contributed by atoms with van der Waals surface area (Å²) in [6.07, 6.45) is 0.0321. The van der Waals surface area contributed by atoms with Gasteiger partial charge in [-0.05, 0) is 24.6 Å². The molecular weight excluding hydrogens is 516 g/mol. The van der Waals surface area contributed by atoms with E-state index in [1.807, 2.05) is 0 Å². The Labute approximate surface area is 214 Å². The van der Waals surface area contributed by atoms with Crippen LogP contribution in [0.1, 0.15) is 28.4 Å². The van der Waals surface area contributed by atoms with Crippen LogP contribution < -0.4 is 20.5 Å². The van der Waals surface area contributed by atoms with Crippen molar-refractivity contribution in [1.29, 1.82) is 0 Å². The van der Waals surface area contributed by atoms with E-state index in [-0.39, 0.29) is 42.5 Å². The van der Waals surface area contributed by atoms with Crippen LogP contribution in [-0.4, -0.2) is 36.8 Å². The minimum atomic E-state index is -3.36. The summed E-state index contributed by atoms with van der Waals surface area (Å²) in [4.78, 5) is 12.2. The van der Waals surface area contributed by atoms with Crippen molar-refractivity contribution in [3.8, 4) is 22.6 Å². The van der Waals surface area contributed by atoms with Crippen molar-refractivity contribution in [3.63, 3.8) is 0 Å². The first-order valence-corrected chi connectivity index (χ1v) is 11.6. The molecule has 6 nitrogen and oxygen atoms in total. The minimum Gasteiger partial charge on any atom is -0.480 e. The summed E-state index contributed by atoms with van der Waals surface area (Å²) in [5, 5.41) is 12.1. The van der Waals surface area contributed by atoms with Crippen LogP contribution in [0.3, 0.4) is 0 Å². The molecule has 0 saturated carbocycles. The fourth-order valence-electron chi connectivity index (χ4n) is 4.40. The molecule has 0 aromatic heterocycles. The molecule has 1 aliphatic heterocycles. The molecule has 3 aromatic carbocycles. The van der Waals surface area contributed by atoms with Crippen molar-refractivity contribution >= 4 is 17.5 Å². The lowest BCUT2D eigenvalue weighted by molar-refractivity contribution is -0.0521. The molecule has 37 heavy (non-hydrogen) atoms. The SMILES string of the molecule is CC(CO)NC[C@@]1(c2ccccc2)Cc2c(cc(F)c(Cl)c2-c2c(C(N)=O)ccc(OC(F)F)c2F)O1. The van der Waals surface area contributed by atoms with Gasteiger partial charge in [0, 0.05) is 41.8 Å². The Morgan fingerprint density at radius 3 is 2.54 bits per heavy atom. The van der Waals surface area contributed by atoms with Crippen LogP contribution in [0.2, 0.25) is 5.02 Å². The molecule has 1 heterocycles. The van der Waals surface area contributed by atoms with Crippen LogP contribution >= 0.6 is 11.6 Å². The molecule has 2 atom stereocenters. The van der Waals surface area contributed by atoms with Crippen molar-refractivity contribution in [1.82, 2.24) is 5.32 Å². The fourth-order valence-corrected chi connectivity index (χ4v) is 4.66. The van der Waals surface area contributed by atoms with Crippen LogP contribution in [-0.2, 0) is 12.0 Å². The Morgan fingerprint density at radius 2 is 1.92 bits per heavy atom. The molecule has 0 aliphatic carbocycles. The number of benzene rings is 3. The van der Waals surface area contributed by atoms with E-state index in [9.17, 15) is 18.7 Å². The third kappa shape index (κ3) is 5.09. The molecule has 1 amide bonds. The smallest absolute Gasteiger partial charge is 0.387 e. The number of carbonyl (C=O) groups is 1. The molecule has 11 heteroatoms. The van der Waals surface area contributed by atoms with E-state index in [0.717, 1.165) is 18.2 Å². The number of nitrogens with one attached hydrogen (secondary N) is 1. The molecular formula is C26H23ClF4N2O4. The lowest BCUT2D eigenvalue weighted by Gasteiger charge is -2.31. The average Bonchev–Trinajstić information content (AvgIpc) is 3.24. The summed E-state index contributed by atoms with van der Waals surface area (Å²) in [7, 11) is 0. The molecule has 196 valence electrons. The van der Waals surface area contributed by atoms with Gasteiger partial charge in [-0.3, -0.25) is 4.79 Å². The molecule has 0 fully saturated rings. The maximum absolute atomic E-state index is 15.6. The Kier molecular flexibility index (Phi) is 7.63. The zero-order chi connectivity index (χ0) is 26.9. The van der Waals surface area contributed by atoms with Crippen LogP contribution in [0.15, 0.2) is 48.5 Å². The van der Waals surface area contributed by atoms with Crippen LogP contribution in [0.5, 0.6) is 11.5 Å². The van der Waals surface area contributed by atoms with Gasteiger partial charge in [0.2, 0.25) is 5.91 Å². The number of hydrogen-bond acceptors (Lipinski definition) is 5. The minimum absolute atomic E-state index is 0.0224. The maximum atomic E-state index is 15.6. The maximum Gasteiger partial charge on any atom is 0.387 e. The van der Waals surface area contributed by atoms with E-state index >= 15 is 8.78 Å². The predicted molar refractivity (Wildman–Crippen MR) is 129 cm³/mol. The highest BCUT2D eigenvalue weighted by Gasteiger charge is 2.44. The summed E-state index contributed by atoms with van der Waals surface area (Å²) >= 11 is 6.32. The second-order valence-electron chi connectivity index (χ2n) is 8.67. The van der Waals surface area contributed by atoms with Crippen LogP contribution in [0.25, 0.3) is 11.1 Å². The molecule has 1 aliphatic rings. The van der Waals surface area contributed by atoms with Crippen molar-refractivity contribution in [2.24, 2.45) is 5.73 Å².